The van der Waals surface area contributed by atoms with E-state index in [2.05, 4.69) is 0 Å². The first-order chi connectivity index (χ1) is 9.58. The second-order valence-corrected chi connectivity index (χ2v) is 8.73. The minimum absolute atomic E-state index is 0.484. The van der Waals surface area contributed by atoms with Crippen LogP contribution < -0.4 is 9.92 Å². The summed E-state index contributed by atoms with van der Waals surface area (Å²) in [6.07, 6.45) is 0. The van der Waals surface area contributed by atoms with E-state index in [4.69, 9.17) is 31.6 Å². The summed E-state index contributed by atoms with van der Waals surface area (Å²) in [5.74, 6) is 0.0637. The van der Waals surface area contributed by atoms with Crippen LogP contribution in [0.1, 0.15) is 18.1 Å². The van der Waals surface area contributed by atoms with Gasteiger partial charge in [0.25, 0.3) is 0 Å². The van der Waals surface area contributed by atoms with E-state index in [1.165, 1.54) is 0 Å². The molecule has 0 saturated carbocycles. The fraction of sp³-hybridized carbons (Fsp3) is 0.200. The lowest BCUT2D eigenvalue weighted by Crippen LogP contribution is -2.36. The van der Waals surface area contributed by atoms with Crippen LogP contribution in [0.2, 0.25) is 0 Å². The second-order valence-electron chi connectivity index (χ2n) is 4.79. The summed E-state index contributed by atoms with van der Waals surface area (Å²) in [6, 6.07) is 15.7. The Morgan fingerprint density at radius 1 is 1.10 bits per heavy atom. The van der Waals surface area contributed by atoms with Crippen molar-refractivity contribution >= 4 is 34.8 Å². The third kappa shape index (κ3) is 2.59. The highest BCUT2D eigenvalue weighted by Crippen LogP contribution is 2.36. The van der Waals surface area contributed by atoms with Crippen molar-refractivity contribution in [1.82, 2.24) is 0 Å². The molecule has 2 aromatic rings. The van der Waals surface area contributed by atoms with E-state index >= 15 is 0 Å². The molecule has 0 amide bonds. The highest BCUT2D eigenvalue weighted by atomic mass is 35.7. The van der Waals surface area contributed by atoms with Gasteiger partial charge in [-0.1, -0.05) is 42.5 Å². The summed E-state index contributed by atoms with van der Waals surface area (Å²) in [5, 5.41) is 0.951. The zero-order chi connectivity index (χ0) is 14.2. The third-order valence-corrected chi connectivity index (χ3v) is 5.44. The molecule has 0 bridgehead atoms. The van der Waals surface area contributed by atoms with Gasteiger partial charge in [0.05, 0.1) is 6.61 Å². The molecule has 0 aliphatic carbocycles. The lowest BCUT2D eigenvalue weighted by atomic mass is 10.1. The Kier molecular flexibility index (Phi) is 3.78. The lowest BCUT2D eigenvalue weighted by molar-refractivity contribution is -0.201. The number of benzene rings is 2. The molecule has 1 unspecified atom stereocenters. The molecular formula is C15H13Cl2O2Si. The summed E-state index contributed by atoms with van der Waals surface area (Å²) in [5.41, 5.74) is 1.98. The number of hydrogen-bond donors (Lipinski definition) is 0. The average molecular weight is 324 g/mol. The maximum absolute atomic E-state index is 6.04. The van der Waals surface area contributed by atoms with E-state index in [0.717, 1.165) is 22.1 Å². The average Bonchev–Trinajstić information content (AvgIpc) is 2.47. The molecule has 0 fully saturated rings. The first-order valence-corrected chi connectivity index (χ1v) is 9.80. The highest BCUT2D eigenvalue weighted by Gasteiger charge is 2.34. The Bertz CT molecular complexity index is 619. The quantitative estimate of drug-likeness (QED) is 0.620. The molecule has 1 radical (unpaired) electrons. The topological polar surface area (TPSA) is 18.5 Å². The molecule has 1 aliphatic rings. The minimum Gasteiger partial charge on any atom is -0.458 e. The van der Waals surface area contributed by atoms with Gasteiger partial charge in [0.2, 0.25) is 5.79 Å². The standard InChI is InChI=1S/C15H13Cl2O2Si/c1-15(12-5-3-2-4-6-12)18-10-11-9-13(20(16)17)7-8-14(11)19-15/h2-9H,10H2,1H3. The smallest absolute Gasteiger partial charge is 0.307 e. The van der Waals surface area contributed by atoms with Crippen molar-refractivity contribution in [3.05, 3.63) is 59.7 Å². The van der Waals surface area contributed by atoms with Gasteiger partial charge >= 0.3 is 7.42 Å². The molecule has 2 nitrogen and oxygen atoms in total. The van der Waals surface area contributed by atoms with Gasteiger partial charge in [0.1, 0.15) is 5.75 Å². The number of halogens is 2. The normalized spacial score (nSPS) is 21.4. The van der Waals surface area contributed by atoms with E-state index in [-0.39, 0.29) is 0 Å². The maximum atomic E-state index is 6.04. The molecule has 1 aliphatic heterocycles. The summed E-state index contributed by atoms with van der Waals surface area (Å²) in [4.78, 5) is 0. The maximum Gasteiger partial charge on any atom is 0.307 e. The Hall–Kier alpha value is -1.00. The Labute approximate surface area is 129 Å². The number of fused-ring (bicyclic) bond motifs is 1. The Morgan fingerprint density at radius 2 is 1.85 bits per heavy atom. The number of ether oxygens (including phenoxy) is 2. The molecule has 0 N–H and O–H groups in total. The summed E-state index contributed by atoms with van der Waals surface area (Å²) < 4.78 is 12.0. The summed E-state index contributed by atoms with van der Waals surface area (Å²) in [6.45, 7) is 2.41. The van der Waals surface area contributed by atoms with E-state index in [1.807, 2.05) is 55.5 Å². The molecule has 103 valence electrons. The van der Waals surface area contributed by atoms with Crippen molar-refractivity contribution in [2.45, 2.75) is 19.3 Å². The summed E-state index contributed by atoms with van der Waals surface area (Å²) in [7, 11) is -1.49. The van der Waals surface area contributed by atoms with Crippen LogP contribution in [-0.4, -0.2) is 7.42 Å². The molecule has 0 aromatic heterocycles. The number of rotatable bonds is 2. The molecule has 2 aromatic carbocycles. The van der Waals surface area contributed by atoms with Crippen LogP contribution in [0.4, 0.5) is 0 Å². The lowest BCUT2D eigenvalue weighted by Gasteiger charge is -2.36. The van der Waals surface area contributed by atoms with Crippen molar-refractivity contribution in [3.63, 3.8) is 0 Å². The van der Waals surface area contributed by atoms with Crippen LogP contribution in [-0.2, 0) is 17.1 Å². The molecule has 1 heterocycles. The molecule has 0 spiro atoms. The van der Waals surface area contributed by atoms with Gasteiger partial charge in [0, 0.05) is 18.1 Å². The molecule has 3 rings (SSSR count). The zero-order valence-electron chi connectivity index (χ0n) is 10.9. The Balaban J connectivity index is 1.93. The van der Waals surface area contributed by atoms with E-state index in [9.17, 15) is 0 Å². The van der Waals surface area contributed by atoms with Crippen LogP contribution in [0, 0.1) is 0 Å². The molecule has 5 heteroatoms. The third-order valence-electron chi connectivity index (χ3n) is 3.38. The van der Waals surface area contributed by atoms with Crippen LogP contribution in [0.3, 0.4) is 0 Å². The SMILES string of the molecule is CC1(c2ccccc2)OCc2cc([Si](Cl)Cl)ccc2O1. The molecule has 0 saturated heterocycles. The predicted octanol–water partition coefficient (Wildman–Crippen LogP) is 3.64. The Morgan fingerprint density at radius 3 is 2.55 bits per heavy atom. The van der Waals surface area contributed by atoms with Gasteiger partial charge in [-0.3, -0.25) is 0 Å². The van der Waals surface area contributed by atoms with Crippen molar-refractivity contribution in [3.8, 4) is 5.75 Å². The second kappa shape index (κ2) is 5.41. The fourth-order valence-corrected chi connectivity index (χ4v) is 3.45. The number of hydrogen-bond acceptors (Lipinski definition) is 2. The van der Waals surface area contributed by atoms with Crippen molar-refractivity contribution < 1.29 is 9.47 Å². The van der Waals surface area contributed by atoms with Crippen molar-refractivity contribution in [2.75, 3.05) is 0 Å². The zero-order valence-corrected chi connectivity index (χ0v) is 13.4. The molecular weight excluding hydrogens is 311 g/mol. The fourth-order valence-electron chi connectivity index (χ4n) is 2.25. The van der Waals surface area contributed by atoms with E-state index < -0.39 is 13.2 Å². The molecule has 20 heavy (non-hydrogen) atoms. The van der Waals surface area contributed by atoms with Crippen molar-refractivity contribution in [2.24, 2.45) is 0 Å². The van der Waals surface area contributed by atoms with Gasteiger partial charge in [-0.15, -0.1) is 22.2 Å². The van der Waals surface area contributed by atoms with Gasteiger partial charge in [0.15, 0.2) is 0 Å². The predicted molar refractivity (Wildman–Crippen MR) is 82.7 cm³/mol. The first kappa shape index (κ1) is 14.0. The first-order valence-electron chi connectivity index (χ1n) is 6.28. The monoisotopic (exact) mass is 323 g/mol. The van der Waals surface area contributed by atoms with Crippen molar-refractivity contribution in [1.29, 1.82) is 0 Å². The minimum atomic E-state index is -1.49. The van der Waals surface area contributed by atoms with Gasteiger partial charge in [-0.2, -0.15) is 0 Å². The van der Waals surface area contributed by atoms with Crippen LogP contribution in [0.5, 0.6) is 5.75 Å². The van der Waals surface area contributed by atoms with Gasteiger partial charge < -0.3 is 9.47 Å². The summed E-state index contributed by atoms with van der Waals surface area (Å²) >= 11 is 12.0. The van der Waals surface area contributed by atoms with Crippen LogP contribution in [0.15, 0.2) is 48.5 Å². The largest absolute Gasteiger partial charge is 0.458 e. The van der Waals surface area contributed by atoms with Gasteiger partial charge in [-0.05, 0) is 11.3 Å². The van der Waals surface area contributed by atoms with E-state index in [1.54, 1.807) is 0 Å². The van der Waals surface area contributed by atoms with Gasteiger partial charge in [-0.25, -0.2) is 0 Å². The molecule has 1 atom stereocenters. The van der Waals surface area contributed by atoms with Crippen LogP contribution >= 0.6 is 22.2 Å². The van der Waals surface area contributed by atoms with E-state index in [0.29, 0.717) is 6.61 Å². The highest BCUT2D eigenvalue weighted by molar-refractivity contribution is 7.39. The van der Waals surface area contributed by atoms with Crippen LogP contribution in [0.25, 0.3) is 0 Å².